The molecular weight excluding hydrogens is 404 g/mol. The van der Waals surface area contributed by atoms with E-state index in [-0.39, 0.29) is 6.10 Å². The third kappa shape index (κ3) is 3.61. The number of fused-ring (bicyclic) bond motifs is 2. The lowest BCUT2D eigenvalue weighted by molar-refractivity contribution is 0.0821. The minimum atomic E-state index is -0.311. The van der Waals surface area contributed by atoms with Crippen LogP contribution in [-0.4, -0.2) is 26.4 Å². The molecule has 2 aromatic heterocycles. The van der Waals surface area contributed by atoms with Gasteiger partial charge in [-0.15, -0.1) is 28.1 Å². The van der Waals surface area contributed by atoms with Gasteiger partial charge < -0.3 is 9.47 Å². The second-order valence-corrected chi connectivity index (χ2v) is 8.53. The Morgan fingerprint density at radius 2 is 1.97 bits per heavy atom. The molecule has 146 valence electrons. The van der Waals surface area contributed by atoms with Gasteiger partial charge in [0.2, 0.25) is 0 Å². The fraction of sp³-hybridized carbons (Fsp3) is 0.190. The Labute approximate surface area is 176 Å². The third-order valence-corrected chi connectivity index (χ3v) is 6.71. The van der Waals surface area contributed by atoms with Gasteiger partial charge >= 0.3 is 0 Å². The molecule has 5 rings (SSSR count). The zero-order valence-electron chi connectivity index (χ0n) is 15.5. The molecule has 1 aliphatic rings. The summed E-state index contributed by atoms with van der Waals surface area (Å²) in [6, 6.07) is 15.8. The predicted molar refractivity (Wildman–Crippen MR) is 115 cm³/mol. The molecule has 6 nitrogen and oxygen atoms in total. The fourth-order valence-corrected chi connectivity index (χ4v) is 5.12. The summed E-state index contributed by atoms with van der Waals surface area (Å²) in [6.07, 6.45) is 1.53. The average Bonchev–Trinajstić information content (AvgIpc) is 3.36. The van der Waals surface area contributed by atoms with Crippen molar-refractivity contribution in [2.75, 3.05) is 6.61 Å². The number of ether oxygens (including phenoxy) is 2. The van der Waals surface area contributed by atoms with Crippen molar-refractivity contribution >= 4 is 33.3 Å². The van der Waals surface area contributed by atoms with Gasteiger partial charge in [0.1, 0.15) is 11.6 Å². The molecule has 0 saturated heterocycles. The monoisotopic (exact) mass is 422 g/mol. The number of aromatic nitrogens is 4. The number of hydrogen-bond acceptors (Lipinski definition) is 7. The fourth-order valence-electron chi connectivity index (χ4n) is 3.20. The van der Waals surface area contributed by atoms with E-state index in [2.05, 4.69) is 22.8 Å². The number of benzene rings is 2. The molecule has 8 heteroatoms. The van der Waals surface area contributed by atoms with Crippen molar-refractivity contribution in [2.45, 2.75) is 23.6 Å². The molecule has 0 saturated carbocycles. The smallest absolute Gasteiger partial charge is 0.192 e. The van der Waals surface area contributed by atoms with Crippen LogP contribution in [-0.2, 0) is 12.3 Å². The van der Waals surface area contributed by atoms with Crippen molar-refractivity contribution in [3.63, 3.8) is 0 Å². The van der Waals surface area contributed by atoms with Crippen LogP contribution in [0.4, 0.5) is 0 Å². The van der Waals surface area contributed by atoms with Crippen LogP contribution in [0, 0.1) is 0 Å². The molecule has 0 N–H and O–H groups in total. The number of nitrogens with zero attached hydrogens (tertiary/aromatic N) is 4. The lowest BCUT2D eigenvalue weighted by Crippen LogP contribution is -2.25. The molecule has 0 fully saturated rings. The van der Waals surface area contributed by atoms with E-state index >= 15 is 0 Å². The van der Waals surface area contributed by atoms with Gasteiger partial charge in [-0.2, -0.15) is 0 Å². The van der Waals surface area contributed by atoms with E-state index in [9.17, 15) is 0 Å². The summed E-state index contributed by atoms with van der Waals surface area (Å²) in [5.41, 5.74) is 1.03. The Kier molecular flexibility index (Phi) is 4.95. The molecule has 3 heterocycles. The molecule has 0 aliphatic carbocycles. The standard InChI is InChI=1S/C21H18N4O2S2/c1-2-11-25-20(17-12-26-15-8-4-5-9-16(15)27-17)23-24-21(25)28-13-19-22-14-7-3-6-10-18(14)29-19/h2-10,17H,1,11-13H2/t17-/m0/s1. The van der Waals surface area contributed by atoms with E-state index in [0.717, 1.165) is 38.8 Å². The van der Waals surface area contributed by atoms with E-state index in [1.165, 1.54) is 4.70 Å². The van der Waals surface area contributed by atoms with Gasteiger partial charge in [0.15, 0.2) is 28.6 Å². The zero-order valence-corrected chi connectivity index (χ0v) is 17.2. The van der Waals surface area contributed by atoms with Gasteiger partial charge in [-0.05, 0) is 24.3 Å². The van der Waals surface area contributed by atoms with E-state index in [0.29, 0.717) is 13.2 Å². The Hall–Kier alpha value is -2.84. The van der Waals surface area contributed by atoms with Crippen molar-refractivity contribution < 1.29 is 9.47 Å². The molecule has 1 aliphatic heterocycles. The molecule has 29 heavy (non-hydrogen) atoms. The van der Waals surface area contributed by atoms with Crippen LogP contribution in [0.1, 0.15) is 16.9 Å². The first kappa shape index (κ1) is 18.2. The Balaban J connectivity index is 1.37. The van der Waals surface area contributed by atoms with Crippen LogP contribution in [0.25, 0.3) is 10.2 Å². The highest BCUT2D eigenvalue weighted by Gasteiger charge is 2.28. The Morgan fingerprint density at radius 1 is 1.14 bits per heavy atom. The topological polar surface area (TPSA) is 62.1 Å². The largest absolute Gasteiger partial charge is 0.485 e. The van der Waals surface area contributed by atoms with E-state index < -0.39 is 0 Å². The number of para-hydroxylation sites is 3. The highest BCUT2D eigenvalue weighted by Crippen LogP contribution is 2.36. The van der Waals surface area contributed by atoms with Crippen LogP contribution in [0.5, 0.6) is 11.5 Å². The summed E-state index contributed by atoms with van der Waals surface area (Å²) in [5.74, 6) is 2.95. The summed E-state index contributed by atoms with van der Waals surface area (Å²) < 4.78 is 15.2. The van der Waals surface area contributed by atoms with Crippen LogP contribution in [0.3, 0.4) is 0 Å². The maximum atomic E-state index is 6.12. The van der Waals surface area contributed by atoms with Crippen molar-refractivity contribution in [1.29, 1.82) is 0 Å². The van der Waals surface area contributed by atoms with E-state index in [1.54, 1.807) is 23.1 Å². The minimum absolute atomic E-state index is 0.311. The van der Waals surface area contributed by atoms with E-state index in [1.807, 2.05) is 53.1 Å². The molecule has 0 radical (unpaired) electrons. The minimum Gasteiger partial charge on any atom is -0.485 e. The quantitative estimate of drug-likeness (QED) is 0.326. The Bertz CT molecular complexity index is 1140. The van der Waals surface area contributed by atoms with Crippen LogP contribution in [0.2, 0.25) is 0 Å². The van der Waals surface area contributed by atoms with Crippen LogP contribution < -0.4 is 9.47 Å². The lowest BCUT2D eigenvalue weighted by Gasteiger charge is -2.26. The van der Waals surface area contributed by atoms with Gasteiger partial charge in [-0.25, -0.2) is 4.98 Å². The summed E-state index contributed by atoms with van der Waals surface area (Å²) in [4.78, 5) is 4.70. The number of hydrogen-bond donors (Lipinski definition) is 0. The molecule has 0 amide bonds. The van der Waals surface area contributed by atoms with Gasteiger partial charge in [0.25, 0.3) is 0 Å². The van der Waals surface area contributed by atoms with Gasteiger partial charge in [-0.1, -0.05) is 42.1 Å². The summed E-state index contributed by atoms with van der Waals surface area (Å²) in [5, 5.41) is 10.7. The van der Waals surface area contributed by atoms with Crippen LogP contribution >= 0.6 is 23.1 Å². The zero-order chi connectivity index (χ0) is 19.6. The number of thiazole rings is 1. The van der Waals surface area contributed by atoms with Crippen molar-refractivity contribution in [2.24, 2.45) is 0 Å². The summed E-state index contributed by atoms with van der Waals surface area (Å²) in [7, 11) is 0. The van der Waals surface area contributed by atoms with Crippen LogP contribution in [0.15, 0.2) is 66.3 Å². The molecule has 4 aromatic rings. The second-order valence-electron chi connectivity index (χ2n) is 6.47. The highest BCUT2D eigenvalue weighted by molar-refractivity contribution is 7.98. The molecule has 0 bridgehead atoms. The molecule has 0 spiro atoms. The maximum Gasteiger partial charge on any atom is 0.192 e. The molecule has 1 atom stereocenters. The third-order valence-electron chi connectivity index (χ3n) is 4.52. The maximum absolute atomic E-state index is 6.12. The second kappa shape index (κ2) is 7.88. The first-order chi connectivity index (χ1) is 14.3. The first-order valence-electron chi connectivity index (χ1n) is 9.21. The first-order valence-corrected chi connectivity index (χ1v) is 11.0. The summed E-state index contributed by atoms with van der Waals surface area (Å²) in [6.45, 7) is 4.88. The van der Waals surface area contributed by atoms with Crippen molar-refractivity contribution in [1.82, 2.24) is 19.7 Å². The number of rotatable bonds is 6. The van der Waals surface area contributed by atoms with Crippen molar-refractivity contribution in [3.8, 4) is 11.5 Å². The number of thioether (sulfide) groups is 1. The van der Waals surface area contributed by atoms with Gasteiger partial charge in [-0.3, -0.25) is 4.57 Å². The average molecular weight is 423 g/mol. The predicted octanol–water partition coefficient (Wildman–Crippen LogP) is 4.88. The molecule has 2 aromatic carbocycles. The Morgan fingerprint density at radius 3 is 2.83 bits per heavy atom. The SMILES string of the molecule is C=CCn1c(SCc2nc3ccccc3s2)nnc1[C@@H]1COc2ccccc2O1. The normalized spacial score (nSPS) is 15.5. The molecule has 0 unspecified atom stereocenters. The molecular formula is C21H18N4O2S2. The van der Waals surface area contributed by atoms with Crippen molar-refractivity contribution in [3.05, 3.63) is 72.0 Å². The highest BCUT2D eigenvalue weighted by atomic mass is 32.2. The van der Waals surface area contributed by atoms with Gasteiger partial charge in [0, 0.05) is 6.54 Å². The van der Waals surface area contributed by atoms with E-state index in [4.69, 9.17) is 14.5 Å². The number of allylic oxidation sites excluding steroid dienone is 1. The van der Waals surface area contributed by atoms with Gasteiger partial charge in [0.05, 0.1) is 16.0 Å². The summed E-state index contributed by atoms with van der Waals surface area (Å²) >= 11 is 3.33. The lowest BCUT2D eigenvalue weighted by atomic mass is 10.2.